The molecule has 2 rings (SSSR count). The highest BCUT2D eigenvalue weighted by molar-refractivity contribution is 5.57. The lowest BCUT2D eigenvalue weighted by Crippen LogP contribution is -2.37. The van der Waals surface area contributed by atoms with Gasteiger partial charge in [0.2, 0.25) is 0 Å². The quantitative estimate of drug-likeness (QED) is 0.900. The summed E-state index contributed by atoms with van der Waals surface area (Å²) in [6, 6.07) is 4.28. The number of nitrogens with zero attached hydrogens (tertiary/aromatic N) is 1. The third-order valence-corrected chi connectivity index (χ3v) is 4.40. The summed E-state index contributed by atoms with van der Waals surface area (Å²) in [6.07, 6.45) is 2.06. The molecule has 0 aromatic heterocycles. The fourth-order valence-corrected chi connectivity index (χ4v) is 3.02. The van der Waals surface area contributed by atoms with E-state index in [1.54, 1.807) is 6.07 Å². The largest absolute Gasteiger partial charge is 0.381 e. The number of halogens is 1. The third-order valence-electron chi connectivity index (χ3n) is 4.40. The van der Waals surface area contributed by atoms with E-state index in [1.165, 1.54) is 0 Å². The van der Waals surface area contributed by atoms with Gasteiger partial charge in [0, 0.05) is 38.0 Å². The molecule has 0 saturated carbocycles. The van der Waals surface area contributed by atoms with Crippen molar-refractivity contribution in [3.63, 3.8) is 0 Å². The van der Waals surface area contributed by atoms with Crippen LogP contribution in [0.5, 0.6) is 0 Å². The highest BCUT2D eigenvalue weighted by atomic mass is 19.1. The Hall–Kier alpha value is -1.13. The van der Waals surface area contributed by atoms with E-state index in [-0.39, 0.29) is 11.9 Å². The van der Waals surface area contributed by atoms with Crippen molar-refractivity contribution < 1.29 is 9.13 Å². The predicted octanol–water partition coefficient (Wildman–Crippen LogP) is 3.42. The van der Waals surface area contributed by atoms with Gasteiger partial charge in [-0.1, -0.05) is 6.92 Å². The number of ether oxygens (including phenoxy) is 1. The summed E-state index contributed by atoms with van der Waals surface area (Å²) >= 11 is 0. The first kappa shape index (κ1) is 16.2. The summed E-state index contributed by atoms with van der Waals surface area (Å²) in [5.41, 5.74) is 2.87. The van der Waals surface area contributed by atoms with Crippen LogP contribution >= 0.6 is 0 Å². The maximum absolute atomic E-state index is 14.0. The van der Waals surface area contributed by atoms with Crippen LogP contribution < -0.4 is 10.2 Å². The number of hydrogen-bond donors (Lipinski definition) is 1. The van der Waals surface area contributed by atoms with Gasteiger partial charge in [0.1, 0.15) is 5.82 Å². The van der Waals surface area contributed by atoms with E-state index in [2.05, 4.69) is 31.1 Å². The van der Waals surface area contributed by atoms with Crippen LogP contribution in [0.3, 0.4) is 0 Å². The average molecular weight is 294 g/mol. The minimum Gasteiger partial charge on any atom is -0.381 e. The molecule has 0 radical (unpaired) electrons. The molecule has 21 heavy (non-hydrogen) atoms. The summed E-state index contributed by atoms with van der Waals surface area (Å²) < 4.78 is 19.4. The van der Waals surface area contributed by atoms with Gasteiger partial charge in [-0.05, 0) is 56.5 Å². The summed E-state index contributed by atoms with van der Waals surface area (Å²) in [7, 11) is 2.12. The number of nitrogens with one attached hydrogen (secondary N) is 1. The topological polar surface area (TPSA) is 24.5 Å². The first-order chi connectivity index (χ1) is 10.0. The normalized spacial score (nSPS) is 17.8. The second-order valence-electron chi connectivity index (χ2n) is 5.89. The van der Waals surface area contributed by atoms with Crippen molar-refractivity contribution in [2.24, 2.45) is 0 Å². The van der Waals surface area contributed by atoms with Crippen molar-refractivity contribution in [2.75, 3.05) is 31.7 Å². The van der Waals surface area contributed by atoms with Gasteiger partial charge in [0.25, 0.3) is 0 Å². The lowest BCUT2D eigenvalue weighted by molar-refractivity contribution is 0.0854. The zero-order valence-electron chi connectivity index (χ0n) is 13.6. The SMILES string of the molecule is CCNC(C)c1cc(F)c(C)cc1N(C)C1CCOCC1. The zero-order chi connectivity index (χ0) is 15.4. The van der Waals surface area contributed by atoms with E-state index >= 15 is 0 Å². The molecule has 1 aromatic carbocycles. The van der Waals surface area contributed by atoms with Gasteiger partial charge in [0.15, 0.2) is 0 Å². The summed E-state index contributed by atoms with van der Waals surface area (Å²) in [4.78, 5) is 2.30. The molecule has 0 aliphatic carbocycles. The minimum absolute atomic E-state index is 0.126. The van der Waals surface area contributed by atoms with Gasteiger partial charge in [-0.3, -0.25) is 0 Å². The van der Waals surface area contributed by atoms with Crippen LogP contribution in [-0.4, -0.2) is 32.8 Å². The van der Waals surface area contributed by atoms with Crippen LogP contribution in [-0.2, 0) is 4.74 Å². The molecule has 0 amide bonds. The van der Waals surface area contributed by atoms with E-state index < -0.39 is 0 Å². The first-order valence-electron chi connectivity index (χ1n) is 7.88. The third kappa shape index (κ3) is 3.74. The molecule has 0 spiro atoms. The number of benzene rings is 1. The Morgan fingerprint density at radius 2 is 2.05 bits per heavy atom. The summed E-state index contributed by atoms with van der Waals surface area (Å²) in [5.74, 6) is -0.126. The molecule has 1 aliphatic rings. The Bertz CT molecular complexity index is 472. The van der Waals surface area contributed by atoms with Crippen molar-refractivity contribution >= 4 is 5.69 Å². The second-order valence-corrected chi connectivity index (χ2v) is 5.89. The van der Waals surface area contributed by atoms with Gasteiger partial charge < -0.3 is 15.0 Å². The molecule has 1 N–H and O–H groups in total. The molecular weight excluding hydrogens is 267 g/mol. The molecule has 1 fully saturated rings. The van der Waals surface area contributed by atoms with Crippen molar-refractivity contribution in [1.29, 1.82) is 0 Å². The van der Waals surface area contributed by atoms with Gasteiger partial charge in [0.05, 0.1) is 0 Å². The molecular formula is C17H27FN2O. The number of aryl methyl sites for hydroxylation is 1. The number of anilines is 1. The van der Waals surface area contributed by atoms with E-state index in [9.17, 15) is 4.39 Å². The van der Waals surface area contributed by atoms with E-state index in [0.29, 0.717) is 11.6 Å². The van der Waals surface area contributed by atoms with Crippen LogP contribution in [0.2, 0.25) is 0 Å². The molecule has 3 nitrogen and oxygen atoms in total. The zero-order valence-corrected chi connectivity index (χ0v) is 13.6. The van der Waals surface area contributed by atoms with Crippen molar-refractivity contribution in [3.05, 3.63) is 29.1 Å². The molecule has 4 heteroatoms. The molecule has 1 unspecified atom stereocenters. The lowest BCUT2D eigenvalue weighted by Gasteiger charge is -2.35. The summed E-state index contributed by atoms with van der Waals surface area (Å²) in [5, 5.41) is 3.39. The van der Waals surface area contributed by atoms with Gasteiger partial charge in [-0.25, -0.2) is 4.39 Å². The Balaban J connectivity index is 2.32. The Kier molecular flexibility index (Phi) is 5.59. The highest BCUT2D eigenvalue weighted by Gasteiger charge is 2.23. The van der Waals surface area contributed by atoms with Gasteiger partial charge >= 0.3 is 0 Å². The molecule has 1 atom stereocenters. The van der Waals surface area contributed by atoms with Crippen molar-refractivity contribution in [1.82, 2.24) is 5.32 Å². The fraction of sp³-hybridized carbons (Fsp3) is 0.647. The lowest BCUT2D eigenvalue weighted by atomic mass is 9.99. The van der Waals surface area contributed by atoms with Gasteiger partial charge in [-0.15, -0.1) is 0 Å². The predicted molar refractivity (Wildman–Crippen MR) is 85.5 cm³/mol. The maximum atomic E-state index is 14.0. The Labute approximate surface area is 127 Å². The van der Waals surface area contributed by atoms with Crippen molar-refractivity contribution in [3.8, 4) is 0 Å². The van der Waals surface area contributed by atoms with E-state index in [4.69, 9.17) is 4.74 Å². The fourth-order valence-electron chi connectivity index (χ4n) is 3.02. The molecule has 1 aromatic rings. The maximum Gasteiger partial charge on any atom is 0.126 e. The van der Waals surface area contributed by atoms with Crippen molar-refractivity contribution in [2.45, 2.75) is 45.7 Å². The van der Waals surface area contributed by atoms with E-state index in [0.717, 1.165) is 43.9 Å². The molecule has 118 valence electrons. The molecule has 1 saturated heterocycles. The Morgan fingerprint density at radius 1 is 1.38 bits per heavy atom. The molecule has 1 aliphatic heterocycles. The number of hydrogen-bond acceptors (Lipinski definition) is 3. The van der Waals surface area contributed by atoms with Crippen LogP contribution in [0.15, 0.2) is 12.1 Å². The Morgan fingerprint density at radius 3 is 2.67 bits per heavy atom. The standard InChI is InChI=1S/C17H27FN2O/c1-5-19-13(3)15-11-16(18)12(2)10-17(15)20(4)14-6-8-21-9-7-14/h10-11,13-14,19H,5-9H2,1-4H3. The molecule has 1 heterocycles. The molecule has 0 bridgehead atoms. The monoisotopic (exact) mass is 294 g/mol. The van der Waals surface area contributed by atoms with Crippen LogP contribution in [0.4, 0.5) is 10.1 Å². The van der Waals surface area contributed by atoms with E-state index in [1.807, 2.05) is 13.0 Å². The highest BCUT2D eigenvalue weighted by Crippen LogP contribution is 2.31. The summed E-state index contributed by atoms with van der Waals surface area (Å²) in [6.45, 7) is 8.49. The first-order valence-corrected chi connectivity index (χ1v) is 7.88. The second kappa shape index (κ2) is 7.23. The smallest absolute Gasteiger partial charge is 0.126 e. The average Bonchev–Trinajstić information content (AvgIpc) is 2.50. The minimum atomic E-state index is -0.126. The van der Waals surface area contributed by atoms with Crippen LogP contribution in [0.25, 0.3) is 0 Å². The number of rotatable bonds is 5. The van der Waals surface area contributed by atoms with Crippen LogP contribution in [0.1, 0.15) is 43.9 Å². The van der Waals surface area contributed by atoms with Gasteiger partial charge in [-0.2, -0.15) is 0 Å². The van der Waals surface area contributed by atoms with Crippen LogP contribution in [0, 0.1) is 12.7 Å².